The van der Waals surface area contributed by atoms with Gasteiger partial charge in [0.1, 0.15) is 12.9 Å². The fraction of sp³-hybridized carbons (Fsp3) is 0.304. The van der Waals surface area contributed by atoms with Crippen molar-refractivity contribution in [1.82, 2.24) is 39.0 Å². The topological polar surface area (TPSA) is 113 Å². The fourth-order valence-corrected chi connectivity index (χ4v) is 4.46. The number of piperidine rings is 1. The molecule has 2 aliphatic rings. The van der Waals surface area contributed by atoms with E-state index in [4.69, 9.17) is 4.52 Å². The SMILES string of the molecule is Cn1cnc2ncn(Cc3ncno3)c(=O)c21.c1cc(N2C[C@H]3C[C@H]3C2)cc(-n2cccn2)c1. The van der Waals surface area contributed by atoms with Gasteiger partial charge in [0.2, 0.25) is 5.89 Å². The Labute approximate surface area is 194 Å². The molecule has 4 aromatic heterocycles. The zero-order valence-electron chi connectivity index (χ0n) is 18.6. The summed E-state index contributed by atoms with van der Waals surface area (Å²) in [6.07, 6.45) is 9.52. The van der Waals surface area contributed by atoms with E-state index < -0.39 is 0 Å². The summed E-state index contributed by atoms with van der Waals surface area (Å²) in [5.74, 6) is 2.31. The number of aryl methyl sites for hydroxylation is 1. The van der Waals surface area contributed by atoms with Gasteiger partial charge in [0, 0.05) is 38.2 Å². The standard InChI is InChI=1S/C14H15N3.C9H8N6O2/c1-3-13(16-9-11-7-12(11)10-16)8-14(4-1)17-6-2-5-15-17;1-14-4-11-8-7(14)9(16)15(5-12-8)2-6-10-3-13-17-6/h1-6,8,11-12H,7,9-10H2;3-5H,2H2,1H3/t11-,12+;. The summed E-state index contributed by atoms with van der Waals surface area (Å²) in [5, 5.41) is 7.75. The van der Waals surface area contributed by atoms with Crippen molar-refractivity contribution in [3.63, 3.8) is 0 Å². The number of rotatable bonds is 4. The van der Waals surface area contributed by atoms with Crippen LogP contribution in [0.5, 0.6) is 0 Å². The van der Waals surface area contributed by atoms with E-state index in [1.165, 1.54) is 42.4 Å². The van der Waals surface area contributed by atoms with E-state index in [0.717, 1.165) is 17.5 Å². The molecule has 5 heterocycles. The molecule has 2 fully saturated rings. The first-order chi connectivity index (χ1) is 16.7. The van der Waals surface area contributed by atoms with Gasteiger partial charge in [-0.25, -0.2) is 14.6 Å². The molecule has 1 aliphatic heterocycles. The third-order valence-electron chi connectivity index (χ3n) is 6.36. The van der Waals surface area contributed by atoms with Gasteiger partial charge in [-0.3, -0.25) is 9.36 Å². The second kappa shape index (κ2) is 8.25. The molecular weight excluding hydrogens is 434 g/mol. The van der Waals surface area contributed by atoms with Crippen LogP contribution in [0.3, 0.4) is 0 Å². The Bertz CT molecular complexity index is 1460. The van der Waals surface area contributed by atoms with Gasteiger partial charge in [0.15, 0.2) is 17.5 Å². The molecule has 1 saturated heterocycles. The molecule has 1 saturated carbocycles. The van der Waals surface area contributed by atoms with E-state index >= 15 is 0 Å². The molecule has 7 rings (SSSR count). The van der Waals surface area contributed by atoms with Gasteiger partial charge in [0.05, 0.1) is 12.0 Å². The van der Waals surface area contributed by atoms with Crippen LogP contribution in [0.2, 0.25) is 0 Å². The van der Waals surface area contributed by atoms with Crippen LogP contribution in [-0.2, 0) is 13.6 Å². The van der Waals surface area contributed by atoms with Crippen LogP contribution in [0.15, 0.2) is 71.0 Å². The molecule has 1 aromatic carbocycles. The fourth-order valence-electron chi connectivity index (χ4n) is 4.46. The number of fused-ring (bicyclic) bond motifs is 2. The van der Waals surface area contributed by atoms with Crippen molar-refractivity contribution in [3.8, 4) is 5.69 Å². The quantitative estimate of drug-likeness (QED) is 0.402. The highest BCUT2D eigenvalue weighted by Crippen LogP contribution is 2.46. The average molecular weight is 457 g/mol. The van der Waals surface area contributed by atoms with Crippen molar-refractivity contribution < 1.29 is 4.52 Å². The highest BCUT2D eigenvalue weighted by molar-refractivity contribution is 5.68. The van der Waals surface area contributed by atoms with Gasteiger partial charge < -0.3 is 14.0 Å². The number of benzene rings is 1. The number of nitrogens with zero attached hydrogens (tertiary/aromatic N) is 9. The lowest BCUT2D eigenvalue weighted by Crippen LogP contribution is -2.22. The summed E-state index contributed by atoms with van der Waals surface area (Å²) < 4.78 is 9.80. The van der Waals surface area contributed by atoms with Crippen LogP contribution in [0.1, 0.15) is 12.3 Å². The maximum atomic E-state index is 12.1. The zero-order chi connectivity index (χ0) is 23.1. The monoisotopic (exact) mass is 457 g/mol. The third-order valence-corrected chi connectivity index (χ3v) is 6.36. The Morgan fingerprint density at radius 1 is 1.06 bits per heavy atom. The van der Waals surface area contributed by atoms with Gasteiger partial charge in [-0.2, -0.15) is 10.1 Å². The minimum Gasteiger partial charge on any atom is -0.371 e. The van der Waals surface area contributed by atoms with Crippen LogP contribution in [0, 0.1) is 11.8 Å². The van der Waals surface area contributed by atoms with E-state index in [-0.39, 0.29) is 12.1 Å². The molecule has 11 heteroatoms. The Morgan fingerprint density at radius 2 is 1.88 bits per heavy atom. The van der Waals surface area contributed by atoms with Crippen LogP contribution in [0.25, 0.3) is 16.9 Å². The Kier molecular flexibility index (Phi) is 4.93. The van der Waals surface area contributed by atoms with Crippen LogP contribution >= 0.6 is 0 Å². The lowest BCUT2D eigenvalue weighted by atomic mass is 10.2. The van der Waals surface area contributed by atoms with E-state index in [9.17, 15) is 4.79 Å². The molecule has 34 heavy (non-hydrogen) atoms. The van der Waals surface area contributed by atoms with Gasteiger partial charge in [-0.15, -0.1) is 0 Å². The number of imidazole rings is 1. The molecule has 11 nitrogen and oxygen atoms in total. The third kappa shape index (κ3) is 3.85. The normalized spacial score (nSPS) is 18.6. The molecule has 172 valence electrons. The molecule has 0 amide bonds. The lowest BCUT2D eigenvalue weighted by molar-refractivity contribution is 0.368. The minimum atomic E-state index is -0.187. The minimum absolute atomic E-state index is 0.187. The number of hydrogen-bond donors (Lipinski definition) is 0. The lowest BCUT2D eigenvalue weighted by Gasteiger charge is -2.20. The van der Waals surface area contributed by atoms with Crippen LogP contribution < -0.4 is 10.5 Å². The maximum absolute atomic E-state index is 12.1. The molecule has 0 spiro atoms. The van der Waals surface area contributed by atoms with Gasteiger partial charge in [-0.1, -0.05) is 11.2 Å². The van der Waals surface area contributed by atoms with Crippen molar-refractivity contribution >= 4 is 16.9 Å². The summed E-state index contributed by atoms with van der Waals surface area (Å²) in [7, 11) is 1.75. The molecule has 0 unspecified atom stereocenters. The Hall–Kier alpha value is -4.28. The van der Waals surface area contributed by atoms with Crippen molar-refractivity contribution in [2.75, 3.05) is 18.0 Å². The summed E-state index contributed by atoms with van der Waals surface area (Å²) in [5.41, 5.74) is 3.18. The summed E-state index contributed by atoms with van der Waals surface area (Å²) in [4.78, 5) is 26.6. The predicted octanol–water partition coefficient (Wildman–Crippen LogP) is 1.89. The Balaban J connectivity index is 0.000000128. The highest BCUT2D eigenvalue weighted by Gasteiger charge is 2.45. The van der Waals surface area contributed by atoms with Gasteiger partial charge >= 0.3 is 0 Å². The van der Waals surface area contributed by atoms with Crippen LogP contribution in [-0.4, -0.2) is 52.1 Å². The predicted molar refractivity (Wildman–Crippen MR) is 124 cm³/mol. The zero-order valence-corrected chi connectivity index (χ0v) is 18.6. The van der Waals surface area contributed by atoms with Crippen molar-refractivity contribution in [2.45, 2.75) is 13.0 Å². The molecule has 0 N–H and O–H groups in total. The molecule has 5 aromatic rings. The number of anilines is 1. The second-order valence-corrected chi connectivity index (χ2v) is 8.67. The van der Waals surface area contributed by atoms with Crippen molar-refractivity contribution in [1.29, 1.82) is 0 Å². The van der Waals surface area contributed by atoms with E-state index in [1.54, 1.807) is 17.9 Å². The van der Waals surface area contributed by atoms with Gasteiger partial charge in [0.25, 0.3) is 5.56 Å². The summed E-state index contributed by atoms with van der Waals surface area (Å²) in [6, 6.07) is 10.6. The molecule has 0 radical (unpaired) electrons. The van der Waals surface area contributed by atoms with E-state index in [0.29, 0.717) is 17.1 Å². The van der Waals surface area contributed by atoms with Crippen molar-refractivity contribution in [3.05, 3.63) is 78.0 Å². The van der Waals surface area contributed by atoms with E-state index in [1.807, 2.05) is 23.1 Å². The van der Waals surface area contributed by atoms with E-state index in [2.05, 4.69) is 54.4 Å². The largest absolute Gasteiger partial charge is 0.371 e. The smallest absolute Gasteiger partial charge is 0.280 e. The number of hydrogen-bond acceptors (Lipinski definition) is 8. The number of aromatic nitrogens is 8. The maximum Gasteiger partial charge on any atom is 0.280 e. The molecular formula is C23H23N9O2. The second-order valence-electron chi connectivity index (χ2n) is 8.67. The average Bonchev–Trinajstić information content (AvgIpc) is 3.44. The molecule has 1 aliphatic carbocycles. The van der Waals surface area contributed by atoms with Gasteiger partial charge in [-0.05, 0) is 42.5 Å². The van der Waals surface area contributed by atoms with Crippen LogP contribution in [0.4, 0.5) is 5.69 Å². The summed E-state index contributed by atoms with van der Waals surface area (Å²) in [6.45, 7) is 2.69. The molecule has 0 bridgehead atoms. The molecule has 2 atom stereocenters. The first-order valence-corrected chi connectivity index (χ1v) is 11.1. The first-order valence-electron chi connectivity index (χ1n) is 11.1. The first kappa shape index (κ1) is 20.3. The highest BCUT2D eigenvalue weighted by atomic mass is 16.5. The Morgan fingerprint density at radius 3 is 2.65 bits per heavy atom. The van der Waals surface area contributed by atoms with Crippen molar-refractivity contribution in [2.24, 2.45) is 18.9 Å². The summed E-state index contributed by atoms with van der Waals surface area (Å²) >= 11 is 0.